The van der Waals surface area contributed by atoms with Gasteiger partial charge in [-0.25, -0.2) is 0 Å². The van der Waals surface area contributed by atoms with Crippen LogP contribution in [0, 0.1) is 0 Å². The first-order valence-electron chi connectivity index (χ1n) is 12.4. The zero-order chi connectivity index (χ0) is 24.9. The van der Waals surface area contributed by atoms with E-state index in [1.165, 1.54) is 19.3 Å². The number of carbonyl (C=O) groups excluding carboxylic acids is 1. The zero-order valence-electron chi connectivity index (χ0n) is 20.8. The summed E-state index contributed by atoms with van der Waals surface area (Å²) in [6, 6.07) is 15.8. The second kappa shape index (κ2) is 10.9. The number of anilines is 2. The monoisotopic (exact) mass is 491 g/mol. The Morgan fingerprint density at radius 1 is 1.00 bits per heavy atom. The van der Waals surface area contributed by atoms with E-state index in [1.54, 1.807) is 26.4 Å². The summed E-state index contributed by atoms with van der Waals surface area (Å²) in [5.74, 6) is 2.01. The predicted molar refractivity (Wildman–Crippen MR) is 138 cm³/mol. The van der Waals surface area contributed by atoms with E-state index in [1.807, 2.05) is 36.4 Å². The van der Waals surface area contributed by atoms with Crippen molar-refractivity contribution >= 4 is 17.4 Å². The minimum absolute atomic E-state index is 0.205. The number of carbonyl (C=O) groups is 1. The van der Waals surface area contributed by atoms with Gasteiger partial charge in [-0.3, -0.25) is 14.8 Å². The van der Waals surface area contributed by atoms with Crippen LogP contribution >= 0.6 is 0 Å². The highest BCUT2D eigenvalue weighted by Crippen LogP contribution is 2.27. The van der Waals surface area contributed by atoms with Crippen LogP contribution < -0.4 is 24.4 Å². The number of ether oxygens (including phenoxy) is 3. The summed E-state index contributed by atoms with van der Waals surface area (Å²) in [6.07, 6.45) is 4.08. The number of benzene rings is 2. The molecule has 1 amide bonds. The van der Waals surface area contributed by atoms with Gasteiger partial charge in [0.05, 0.1) is 14.2 Å². The first kappa shape index (κ1) is 24.0. The van der Waals surface area contributed by atoms with Crippen LogP contribution in [0.15, 0.2) is 48.5 Å². The van der Waals surface area contributed by atoms with Crippen molar-refractivity contribution in [2.24, 2.45) is 0 Å². The lowest BCUT2D eigenvalue weighted by atomic mass is 9.91. The molecule has 0 unspecified atom stereocenters. The van der Waals surface area contributed by atoms with E-state index >= 15 is 0 Å². The Kier molecular flexibility index (Phi) is 7.27. The molecular weight excluding hydrogens is 458 g/mol. The van der Waals surface area contributed by atoms with Crippen LogP contribution in [0.5, 0.6) is 17.4 Å². The molecule has 1 aliphatic carbocycles. The molecule has 1 saturated carbocycles. The number of amides is 1. The molecule has 1 aliphatic heterocycles. The van der Waals surface area contributed by atoms with Crippen LogP contribution in [-0.2, 0) is 6.61 Å². The molecule has 0 spiro atoms. The maximum Gasteiger partial charge on any atom is 0.256 e. The second-order valence-corrected chi connectivity index (χ2v) is 9.24. The maximum atomic E-state index is 12.7. The molecule has 1 saturated heterocycles. The molecule has 0 bridgehead atoms. The summed E-state index contributed by atoms with van der Waals surface area (Å²) in [5.41, 5.74) is 2.63. The lowest BCUT2D eigenvalue weighted by molar-refractivity contribution is 0.102. The number of nitrogens with zero attached hydrogens (tertiary/aromatic N) is 3. The molecule has 2 aliphatic rings. The van der Waals surface area contributed by atoms with Gasteiger partial charge in [-0.2, -0.15) is 0 Å². The van der Waals surface area contributed by atoms with Crippen LogP contribution in [0.25, 0.3) is 0 Å². The van der Waals surface area contributed by atoms with Crippen molar-refractivity contribution in [2.45, 2.75) is 31.9 Å². The number of rotatable bonds is 9. The fourth-order valence-corrected chi connectivity index (χ4v) is 4.66. The summed E-state index contributed by atoms with van der Waals surface area (Å²) in [5, 5.41) is 9.78. The fourth-order valence-electron chi connectivity index (χ4n) is 4.66. The van der Waals surface area contributed by atoms with Crippen LogP contribution in [0.2, 0.25) is 0 Å². The standard InChI is InChI=1S/C27H33N5O4/c1-34-23-14-19(15-24(16-23)35-2)18-36-26-17-25(29-30-26)28-27(33)20-6-8-22(9-7-20)32-12-10-31(11-13-32)21-4-3-5-21/h6-9,14-17,21H,3-5,10-13,18H2,1-2H3,(H2,28,29,30,33). The number of piperazine rings is 1. The highest BCUT2D eigenvalue weighted by atomic mass is 16.5. The van der Waals surface area contributed by atoms with Gasteiger partial charge in [0, 0.05) is 55.6 Å². The Labute approximate surface area is 211 Å². The first-order valence-corrected chi connectivity index (χ1v) is 12.4. The molecule has 3 aromatic rings. The van der Waals surface area contributed by atoms with Crippen LogP contribution in [0.3, 0.4) is 0 Å². The number of hydrogen-bond donors (Lipinski definition) is 2. The second-order valence-electron chi connectivity index (χ2n) is 9.24. The van der Waals surface area contributed by atoms with Crippen molar-refractivity contribution in [1.82, 2.24) is 15.1 Å². The molecule has 5 rings (SSSR count). The summed E-state index contributed by atoms with van der Waals surface area (Å²) >= 11 is 0. The number of aromatic nitrogens is 2. The molecule has 0 atom stereocenters. The number of nitrogens with one attached hydrogen (secondary N) is 2. The molecule has 9 heteroatoms. The normalized spacial score (nSPS) is 16.3. The average molecular weight is 492 g/mol. The van der Waals surface area contributed by atoms with Crippen molar-refractivity contribution in [3.05, 3.63) is 59.7 Å². The summed E-state index contributed by atoms with van der Waals surface area (Å²) in [7, 11) is 3.21. The third-order valence-electron chi connectivity index (χ3n) is 7.00. The van der Waals surface area contributed by atoms with Gasteiger partial charge < -0.3 is 24.4 Å². The van der Waals surface area contributed by atoms with Crippen LogP contribution in [0.4, 0.5) is 11.5 Å². The Morgan fingerprint density at radius 3 is 2.31 bits per heavy atom. The van der Waals surface area contributed by atoms with Gasteiger partial charge in [0.15, 0.2) is 0 Å². The molecular formula is C27H33N5O4. The van der Waals surface area contributed by atoms with Gasteiger partial charge in [0.25, 0.3) is 5.91 Å². The van der Waals surface area contributed by atoms with Gasteiger partial charge in [0.2, 0.25) is 5.88 Å². The van der Waals surface area contributed by atoms with E-state index in [4.69, 9.17) is 14.2 Å². The van der Waals surface area contributed by atoms with E-state index in [9.17, 15) is 4.79 Å². The minimum Gasteiger partial charge on any atom is -0.497 e. The molecule has 2 fully saturated rings. The van der Waals surface area contributed by atoms with Gasteiger partial charge in [-0.1, -0.05) is 6.42 Å². The predicted octanol–water partition coefficient (Wildman–Crippen LogP) is 3.93. The Balaban J connectivity index is 1.12. The Hall–Kier alpha value is -3.72. The number of hydrogen-bond acceptors (Lipinski definition) is 7. The van der Waals surface area contributed by atoms with Crippen molar-refractivity contribution in [1.29, 1.82) is 0 Å². The van der Waals surface area contributed by atoms with E-state index in [2.05, 4.69) is 25.3 Å². The molecule has 0 radical (unpaired) electrons. The summed E-state index contributed by atoms with van der Waals surface area (Å²) < 4.78 is 16.3. The number of methoxy groups -OCH3 is 2. The molecule has 9 nitrogen and oxygen atoms in total. The van der Waals surface area contributed by atoms with E-state index < -0.39 is 0 Å². The highest BCUT2D eigenvalue weighted by molar-refractivity contribution is 6.04. The minimum atomic E-state index is -0.205. The smallest absolute Gasteiger partial charge is 0.256 e. The summed E-state index contributed by atoms with van der Waals surface area (Å²) in [6.45, 7) is 4.57. The van der Waals surface area contributed by atoms with Crippen molar-refractivity contribution in [2.75, 3.05) is 50.6 Å². The molecule has 36 heavy (non-hydrogen) atoms. The quantitative estimate of drug-likeness (QED) is 0.469. The van der Waals surface area contributed by atoms with Gasteiger partial charge >= 0.3 is 0 Å². The lowest BCUT2D eigenvalue weighted by Crippen LogP contribution is -2.52. The van der Waals surface area contributed by atoms with Crippen molar-refractivity contribution < 1.29 is 19.0 Å². The topological polar surface area (TPSA) is 92.0 Å². The van der Waals surface area contributed by atoms with Gasteiger partial charge in [-0.05, 0) is 54.8 Å². The van der Waals surface area contributed by atoms with Crippen molar-refractivity contribution in [3.63, 3.8) is 0 Å². The highest BCUT2D eigenvalue weighted by Gasteiger charge is 2.27. The van der Waals surface area contributed by atoms with Crippen LogP contribution in [-0.4, -0.2) is 67.4 Å². The van der Waals surface area contributed by atoms with Crippen molar-refractivity contribution in [3.8, 4) is 17.4 Å². The molecule has 2 N–H and O–H groups in total. The number of aromatic amines is 1. The average Bonchev–Trinajstić information content (AvgIpc) is 3.34. The van der Waals surface area contributed by atoms with E-state index in [0.717, 1.165) is 43.5 Å². The van der Waals surface area contributed by atoms with Crippen LogP contribution in [0.1, 0.15) is 35.2 Å². The van der Waals surface area contributed by atoms with E-state index in [-0.39, 0.29) is 12.5 Å². The molecule has 1 aromatic heterocycles. The molecule has 2 aromatic carbocycles. The first-order chi connectivity index (χ1) is 17.6. The fraction of sp³-hybridized carbons (Fsp3) is 0.407. The third-order valence-corrected chi connectivity index (χ3v) is 7.00. The number of H-pyrrole nitrogens is 1. The van der Waals surface area contributed by atoms with E-state index in [0.29, 0.717) is 28.8 Å². The SMILES string of the molecule is COc1cc(COc2cc(NC(=O)c3ccc(N4CCN(C5CCC5)CC4)cc3)[nH]n2)cc(OC)c1. The maximum absolute atomic E-state index is 12.7. The zero-order valence-corrected chi connectivity index (χ0v) is 20.8. The van der Waals surface area contributed by atoms with Gasteiger partial charge in [0.1, 0.15) is 23.9 Å². The lowest BCUT2D eigenvalue weighted by Gasteiger charge is -2.43. The van der Waals surface area contributed by atoms with Gasteiger partial charge in [-0.15, -0.1) is 5.10 Å². The molecule has 2 heterocycles. The molecule has 190 valence electrons. The third kappa shape index (κ3) is 5.57. The largest absolute Gasteiger partial charge is 0.497 e. The summed E-state index contributed by atoms with van der Waals surface area (Å²) in [4.78, 5) is 17.8. The Bertz CT molecular complexity index is 1140. The Morgan fingerprint density at radius 2 is 1.69 bits per heavy atom.